The number of fused-ring (bicyclic) bond motifs is 1. The molecule has 156 valence electrons. The van der Waals surface area contributed by atoms with Crippen LogP contribution < -0.4 is 9.47 Å². The zero-order valence-corrected chi connectivity index (χ0v) is 18.2. The van der Waals surface area contributed by atoms with Gasteiger partial charge in [0.05, 0.1) is 42.4 Å². The molecule has 3 rings (SSSR count). The van der Waals surface area contributed by atoms with Crippen molar-refractivity contribution in [1.29, 1.82) is 0 Å². The van der Waals surface area contributed by atoms with Crippen LogP contribution in [0.3, 0.4) is 0 Å². The Kier molecular flexibility index (Phi) is 6.52. The molecule has 2 atom stereocenters. The van der Waals surface area contributed by atoms with Crippen molar-refractivity contribution in [2.75, 3.05) is 19.8 Å². The van der Waals surface area contributed by atoms with Crippen LogP contribution in [-0.4, -0.2) is 47.0 Å². The Morgan fingerprint density at radius 3 is 2.48 bits per heavy atom. The van der Waals surface area contributed by atoms with Gasteiger partial charge in [-0.15, -0.1) is 0 Å². The summed E-state index contributed by atoms with van der Waals surface area (Å²) in [5.74, 6) is 0.641. The first-order valence-electron chi connectivity index (χ1n) is 9.78. The first kappa shape index (κ1) is 21.2. The summed E-state index contributed by atoms with van der Waals surface area (Å²) in [6.45, 7) is 10.4. The highest BCUT2D eigenvalue weighted by Gasteiger charge is 2.46. The summed E-state index contributed by atoms with van der Waals surface area (Å²) >= 11 is 1.40. The second-order valence-electron chi connectivity index (χ2n) is 6.56. The number of nitrogens with zero attached hydrogens (tertiary/aromatic N) is 2. The number of benzene rings is 1. The SMILES string of the molecule is CCOC(=O)C1=C(C)N=C2S[C@H](C)C(=O)N2[C@H]1c1ccc(OCC)c(OCC)c1. The van der Waals surface area contributed by atoms with E-state index in [0.717, 1.165) is 5.56 Å². The second-order valence-corrected chi connectivity index (χ2v) is 7.86. The van der Waals surface area contributed by atoms with Gasteiger partial charge in [0.25, 0.3) is 0 Å². The standard InChI is InChI=1S/C21H26N2O5S/c1-6-26-15-10-9-14(11-16(15)27-7-2)18-17(20(25)28-8-3)12(4)22-21-23(18)19(24)13(5)29-21/h9-11,13,18H,6-8H2,1-5H3/t13-,18+/m1/s1. The molecule has 1 fully saturated rings. The third kappa shape index (κ3) is 3.99. The molecule has 1 saturated heterocycles. The normalized spacial score (nSPS) is 21.1. The molecule has 2 aliphatic rings. The van der Waals surface area contributed by atoms with E-state index in [0.29, 0.717) is 41.2 Å². The summed E-state index contributed by atoms with van der Waals surface area (Å²) in [5.41, 5.74) is 1.67. The minimum absolute atomic E-state index is 0.0834. The van der Waals surface area contributed by atoms with Gasteiger partial charge in [0.1, 0.15) is 0 Å². The van der Waals surface area contributed by atoms with Gasteiger partial charge in [0.15, 0.2) is 16.7 Å². The molecule has 0 bridgehead atoms. The highest BCUT2D eigenvalue weighted by atomic mass is 32.2. The molecule has 0 unspecified atom stereocenters. The molecule has 0 N–H and O–H groups in total. The van der Waals surface area contributed by atoms with Crippen molar-refractivity contribution < 1.29 is 23.8 Å². The number of amidine groups is 1. The monoisotopic (exact) mass is 418 g/mol. The van der Waals surface area contributed by atoms with Crippen LogP contribution in [0.5, 0.6) is 11.5 Å². The van der Waals surface area contributed by atoms with Crippen LogP contribution in [0.4, 0.5) is 0 Å². The van der Waals surface area contributed by atoms with E-state index in [9.17, 15) is 9.59 Å². The Morgan fingerprint density at radius 2 is 1.83 bits per heavy atom. The molecule has 1 aromatic rings. The largest absolute Gasteiger partial charge is 0.490 e. The van der Waals surface area contributed by atoms with Gasteiger partial charge in [0.2, 0.25) is 5.91 Å². The summed E-state index contributed by atoms with van der Waals surface area (Å²) in [7, 11) is 0. The molecule has 8 heteroatoms. The van der Waals surface area contributed by atoms with E-state index in [-0.39, 0.29) is 17.8 Å². The first-order valence-corrected chi connectivity index (χ1v) is 10.7. The quantitative estimate of drug-likeness (QED) is 0.629. The van der Waals surface area contributed by atoms with Crippen molar-refractivity contribution in [3.63, 3.8) is 0 Å². The van der Waals surface area contributed by atoms with E-state index in [1.807, 2.05) is 39.0 Å². The topological polar surface area (TPSA) is 77.4 Å². The summed E-state index contributed by atoms with van der Waals surface area (Å²) in [6, 6.07) is 4.87. The average molecular weight is 419 g/mol. The molecule has 0 radical (unpaired) electrons. The summed E-state index contributed by atoms with van der Waals surface area (Å²) < 4.78 is 16.7. The lowest BCUT2D eigenvalue weighted by Gasteiger charge is -2.33. The molecule has 0 saturated carbocycles. The number of hydrogen-bond acceptors (Lipinski definition) is 7. The Bertz CT molecular complexity index is 880. The van der Waals surface area contributed by atoms with Crippen molar-refractivity contribution in [2.45, 2.75) is 45.9 Å². The van der Waals surface area contributed by atoms with Gasteiger partial charge in [-0.25, -0.2) is 9.79 Å². The number of aliphatic imine (C=N–C) groups is 1. The molecule has 29 heavy (non-hydrogen) atoms. The van der Waals surface area contributed by atoms with Crippen molar-refractivity contribution >= 4 is 28.8 Å². The molecule has 1 aromatic carbocycles. The number of carbonyl (C=O) groups is 2. The number of carbonyl (C=O) groups excluding carboxylic acids is 2. The Labute approximate surface area is 175 Å². The molecular weight excluding hydrogens is 392 g/mol. The number of rotatable bonds is 7. The number of thioether (sulfide) groups is 1. The number of hydrogen-bond donors (Lipinski definition) is 0. The fraction of sp³-hybridized carbons (Fsp3) is 0.476. The third-order valence-corrected chi connectivity index (χ3v) is 5.69. The van der Waals surface area contributed by atoms with Crippen LogP contribution in [0.25, 0.3) is 0 Å². The molecule has 0 aliphatic carbocycles. The van der Waals surface area contributed by atoms with Gasteiger partial charge in [0, 0.05) is 0 Å². The van der Waals surface area contributed by atoms with Crippen LogP contribution in [0.1, 0.15) is 46.2 Å². The van der Waals surface area contributed by atoms with Crippen molar-refractivity contribution in [2.24, 2.45) is 4.99 Å². The lowest BCUT2D eigenvalue weighted by Crippen LogP contribution is -2.40. The maximum atomic E-state index is 12.9. The highest BCUT2D eigenvalue weighted by molar-refractivity contribution is 8.15. The summed E-state index contributed by atoms with van der Waals surface area (Å²) in [6.07, 6.45) is 0. The van der Waals surface area contributed by atoms with Crippen LogP contribution in [0, 0.1) is 0 Å². The van der Waals surface area contributed by atoms with Crippen LogP contribution in [0.2, 0.25) is 0 Å². The highest BCUT2D eigenvalue weighted by Crippen LogP contribution is 2.44. The Balaban J connectivity index is 2.14. The van der Waals surface area contributed by atoms with E-state index < -0.39 is 12.0 Å². The lowest BCUT2D eigenvalue weighted by atomic mass is 9.94. The minimum atomic E-state index is -0.624. The van der Waals surface area contributed by atoms with Gasteiger partial charge in [-0.1, -0.05) is 17.8 Å². The molecule has 0 spiro atoms. The van der Waals surface area contributed by atoms with Gasteiger partial charge < -0.3 is 14.2 Å². The van der Waals surface area contributed by atoms with Gasteiger partial charge >= 0.3 is 5.97 Å². The van der Waals surface area contributed by atoms with Gasteiger partial charge in [-0.2, -0.15) is 0 Å². The van der Waals surface area contributed by atoms with E-state index in [4.69, 9.17) is 14.2 Å². The van der Waals surface area contributed by atoms with Crippen LogP contribution in [-0.2, 0) is 14.3 Å². The van der Waals surface area contributed by atoms with E-state index in [1.54, 1.807) is 18.7 Å². The first-order chi connectivity index (χ1) is 13.9. The Morgan fingerprint density at radius 1 is 1.14 bits per heavy atom. The zero-order chi connectivity index (χ0) is 21.1. The fourth-order valence-electron chi connectivity index (χ4n) is 3.43. The number of ether oxygens (including phenoxy) is 3. The predicted molar refractivity (Wildman–Crippen MR) is 112 cm³/mol. The van der Waals surface area contributed by atoms with Crippen LogP contribution in [0.15, 0.2) is 34.5 Å². The van der Waals surface area contributed by atoms with Crippen LogP contribution >= 0.6 is 11.8 Å². The predicted octanol–water partition coefficient (Wildman–Crippen LogP) is 3.70. The molecule has 1 amide bonds. The van der Waals surface area contributed by atoms with Crippen molar-refractivity contribution in [3.8, 4) is 11.5 Å². The second kappa shape index (κ2) is 8.90. The van der Waals surface area contributed by atoms with E-state index in [2.05, 4.69) is 4.99 Å². The molecule has 0 aromatic heterocycles. The Hall–Kier alpha value is -2.48. The number of amides is 1. The summed E-state index contributed by atoms with van der Waals surface area (Å²) in [5, 5.41) is 0.338. The fourth-order valence-corrected chi connectivity index (χ4v) is 4.45. The third-order valence-electron chi connectivity index (χ3n) is 4.64. The van der Waals surface area contributed by atoms with Gasteiger partial charge in [-0.05, 0) is 52.3 Å². The van der Waals surface area contributed by atoms with Crippen molar-refractivity contribution in [3.05, 3.63) is 35.0 Å². The minimum Gasteiger partial charge on any atom is -0.490 e. The summed E-state index contributed by atoms with van der Waals surface area (Å²) in [4.78, 5) is 31.8. The molecule has 2 heterocycles. The molecular formula is C21H26N2O5S. The smallest absolute Gasteiger partial charge is 0.338 e. The van der Waals surface area contributed by atoms with Crippen molar-refractivity contribution in [1.82, 2.24) is 4.90 Å². The molecule has 2 aliphatic heterocycles. The average Bonchev–Trinajstić information content (AvgIpc) is 2.96. The molecule has 7 nitrogen and oxygen atoms in total. The maximum absolute atomic E-state index is 12.9. The van der Waals surface area contributed by atoms with E-state index in [1.165, 1.54) is 11.8 Å². The maximum Gasteiger partial charge on any atom is 0.338 e. The zero-order valence-electron chi connectivity index (χ0n) is 17.4. The van der Waals surface area contributed by atoms with Gasteiger partial charge in [-0.3, -0.25) is 9.69 Å². The number of allylic oxidation sites excluding steroid dienone is 1. The van der Waals surface area contributed by atoms with E-state index >= 15 is 0 Å². The lowest BCUT2D eigenvalue weighted by molar-refractivity contribution is -0.139. The number of esters is 1.